The molecule has 0 aliphatic heterocycles. The Morgan fingerprint density at radius 2 is 1.69 bits per heavy atom. The first-order valence-corrected chi connectivity index (χ1v) is 13.0. The lowest BCUT2D eigenvalue weighted by atomic mass is 10.1. The maximum atomic E-state index is 13.0. The number of rotatable bonds is 7. The molecule has 0 radical (unpaired) electrons. The minimum atomic E-state index is -4.03. The molecule has 1 heterocycles. The normalized spacial score (nSPS) is 11.1. The number of sulfonamides is 1. The summed E-state index contributed by atoms with van der Waals surface area (Å²) in [5, 5.41) is 3.40. The summed E-state index contributed by atoms with van der Waals surface area (Å²) < 4.78 is 34.8. The molecule has 7 nitrogen and oxygen atoms in total. The third-order valence-electron chi connectivity index (χ3n) is 4.65. The van der Waals surface area contributed by atoms with Crippen LogP contribution in [0.2, 0.25) is 10.0 Å². The molecule has 178 valence electrons. The number of carbonyl (C=O) groups is 1. The van der Waals surface area contributed by atoms with Gasteiger partial charge in [-0.15, -0.1) is 0 Å². The van der Waals surface area contributed by atoms with Crippen LogP contribution in [-0.4, -0.2) is 19.3 Å². The topological polar surface area (TPSA) is 97.4 Å². The maximum Gasteiger partial charge on any atom is 0.261 e. The number of hydrogen-bond donors (Lipinski definition) is 2. The zero-order valence-electron chi connectivity index (χ0n) is 17.7. The molecule has 1 aromatic heterocycles. The molecule has 35 heavy (non-hydrogen) atoms. The average Bonchev–Trinajstić information content (AvgIpc) is 2.82. The van der Waals surface area contributed by atoms with E-state index in [2.05, 4.69) is 31.0 Å². The molecule has 4 aromatic rings. The summed E-state index contributed by atoms with van der Waals surface area (Å²) >= 11 is 15.4. The van der Waals surface area contributed by atoms with Crippen LogP contribution in [0.4, 0.5) is 11.4 Å². The van der Waals surface area contributed by atoms with Crippen molar-refractivity contribution in [2.24, 2.45) is 0 Å². The molecule has 4 rings (SSSR count). The summed E-state index contributed by atoms with van der Waals surface area (Å²) in [5.41, 5.74) is 0.587. The van der Waals surface area contributed by atoms with Gasteiger partial charge >= 0.3 is 0 Å². The van der Waals surface area contributed by atoms with Gasteiger partial charge in [-0.1, -0.05) is 35.3 Å². The van der Waals surface area contributed by atoms with E-state index < -0.39 is 15.9 Å². The van der Waals surface area contributed by atoms with Crippen molar-refractivity contribution in [3.05, 3.63) is 105 Å². The van der Waals surface area contributed by atoms with Gasteiger partial charge in [-0.05, 0) is 82.7 Å². The first-order valence-electron chi connectivity index (χ1n) is 9.99. The monoisotopic (exact) mass is 591 g/mol. The smallest absolute Gasteiger partial charge is 0.261 e. The minimum absolute atomic E-state index is 0.0246. The molecule has 0 unspecified atom stereocenters. The van der Waals surface area contributed by atoms with Gasteiger partial charge in [0.05, 0.1) is 21.2 Å². The van der Waals surface area contributed by atoms with Gasteiger partial charge in [-0.3, -0.25) is 9.52 Å². The Bertz CT molecular complexity index is 1500. The van der Waals surface area contributed by atoms with Crippen LogP contribution in [0, 0.1) is 0 Å². The molecule has 0 bridgehead atoms. The summed E-state index contributed by atoms with van der Waals surface area (Å²) in [5.74, 6) is 0.305. The van der Waals surface area contributed by atoms with E-state index in [4.69, 9.17) is 27.9 Å². The zero-order chi connectivity index (χ0) is 25.0. The third-order valence-corrected chi connectivity index (χ3v) is 7.02. The van der Waals surface area contributed by atoms with Crippen molar-refractivity contribution in [2.45, 2.75) is 4.90 Å². The molecule has 0 fully saturated rings. The number of anilines is 2. The lowest BCUT2D eigenvalue weighted by Crippen LogP contribution is -2.18. The Hall–Kier alpha value is -3.11. The summed E-state index contributed by atoms with van der Waals surface area (Å²) in [7, 11) is -4.03. The molecular formula is C24H16BrCl2N3O4S. The van der Waals surface area contributed by atoms with E-state index in [1.54, 1.807) is 36.4 Å². The predicted molar refractivity (Wildman–Crippen MR) is 140 cm³/mol. The van der Waals surface area contributed by atoms with Crippen LogP contribution in [0.3, 0.4) is 0 Å². The van der Waals surface area contributed by atoms with Gasteiger partial charge in [0, 0.05) is 16.9 Å². The fourth-order valence-electron chi connectivity index (χ4n) is 3.02. The molecule has 0 spiro atoms. The van der Waals surface area contributed by atoms with Gasteiger partial charge in [-0.2, -0.15) is 0 Å². The van der Waals surface area contributed by atoms with Crippen LogP contribution >= 0.6 is 39.1 Å². The maximum absolute atomic E-state index is 13.0. The van der Waals surface area contributed by atoms with E-state index in [1.807, 2.05) is 0 Å². The number of pyridine rings is 1. The Kier molecular flexibility index (Phi) is 7.61. The Labute approximate surface area is 220 Å². The number of nitrogens with zero attached hydrogens (tertiary/aromatic N) is 1. The molecule has 0 aliphatic rings. The Morgan fingerprint density at radius 1 is 0.943 bits per heavy atom. The molecule has 0 saturated carbocycles. The number of amides is 1. The predicted octanol–water partition coefficient (Wildman–Crippen LogP) is 7.00. The second-order valence-electron chi connectivity index (χ2n) is 7.12. The number of carbonyl (C=O) groups excluding carboxylic acids is 1. The van der Waals surface area contributed by atoms with Crippen molar-refractivity contribution in [3.63, 3.8) is 0 Å². The van der Waals surface area contributed by atoms with Crippen molar-refractivity contribution in [1.82, 2.24) is 4.98 Å². The first kappa shape index (κ1) is 25.0. The van der Waals surface area contributed by atoms with Crippen LogP contribution in [0.5, 0.6) is 11.5 Å². The highest BCUT2D eigenvalue weighted by atomic mass is 79.9. The van der Waals surface area contributed by atoms with E-state index in [-0.39, 0.29) is 21.2 Å². The summed E-state index contributed by atoms with van der Waals surface area (Å²) in [6, 6.07) is 20.2. The molecule has 11 heteroatoms. The lowest BCUT2D eigenvalue weighted by Gasteiger charge is -2.14. The Morgan fingerprint density at radius 3 is 2.40 bits per heavy atom. The van der Waals surface area contributed by atoms with E-state index in [0.717, 1.165) is 0 Å². The highest BCUT2D eigenvalue weighted by Gasteiger charge is 2.20. The number of benzene rings is 3. The van der Waals surface area contributed by atoms with Crippen molar-refractivity contribution < 1.29 is 17.9 Å². The summed E-state index contributed by atoms with van der Waals surface area (Å²) in [6.45, 7) is 0. The largest absolute Gasteiger partial charge is 0.456 e. The molecule has 3 aromatic carbocycles. The number of ether oxygens (including phenoxy) is 1. The van der Waals surface area contributed by atoms with Crippen LogP contribution in [-0.2, 0) is 10.0 Å². The van der Waals surface area contributed by atoms with Crippen LogP contribution in [0.25, 0.3) is 0 Å². The van der Waals surface area contributed by atoms with Gasteiger partial charge in [0.15, 0.2) is 0 Å². The van der Waals surface area contributed by atoms with E-state index in [0.29, 0.717) is 26.8 Å². The Balaban J connectivity index is 1.55. The third kappa shape index (κ3) is 6.32. The van der Waals surface area contributed by atoms with Gasteiger partial charge in [0.2, 0.25) is 0 Å². The van der Waals surface area contributed by atoms with Crippen molar-refractivity contribution in [3.8, 4) is 11.5 Å². The number of halogens is 3. The average molecular weight is 593 g/mol. The first-order chi connectivity index (χ1) is 16.7. The van der Waals surface area contributed by atoms with Crippen molar-refractivity contribution in [1.29, 1.82) is 0 Å². The van der Waals surface area contributed by atoms with Crippen LogP contribution in [0.15, 0.2) is 94.6 Å². The highest BCUT2D eigenvalue weighted by Crippen LogP contribution is 2.30. The number of hydrogen-bond acceptors (Lipinski definition) is 5. The standard InChI is InChI=1S/C24H16BrCl2N3O4S/c25-23-14-16(11-12-28-23)29-24(31)19-13-15(26)5-10-21(19)30-35(32,33)18-8-6-17(7-9-18)34-22-4-2-1-3-20(22)27/h1-14,30H,(H,28,29,31). The minimum Gasteiger partial charge on any atom is -0.456 e. The molecule has 0 saturated heterocycles. The molecule has 0 atom stereocenters. The molecule has 1 amide bonds. The van der Waals surface area contributed by atoms with Gasteiger partial charge < -0.3 is 10.1 Å². The number of aromatic nitrogens is 1. The number of nitrogens with one attached hydrogen (secondary N) is 2. The SMILES string of the molecule is O=C(Nc1ccnc(Br)c1)c1cc(Cl)ccc1NS(=O)(=O)c1ccc(Oc2ccccc2Cl)cc1. The molecule has 2 N–H and O–H groups in total. The molecule has 0 aliphatic carbocycles. The molecular weight excluding hydrogens is 577 g/mol. The highest BCUT2D eigenvalue weighted by molar-refractivity contribution is 9.10. The van der Waals surface area contributed by atoms with E-state index >= 15 is 0 Å². The van der Waals surface area contributed by atoms with Gasteiger partial charge in [0.1, 0.15) is 16.1 Å². The van der Waals surface area contributed by atoms with E-state index in [9.17, 15) is 13.2 Å². The van der Waals surface area contributed by atoms with E-state index in [1.165, 1.54) is 48.7 Å². The summed E-state index contributed by atoms with van der Waals surface area (Å²) in [4.78, 5) is 16.9. The van der Waals surface area contributed by atoms with Gasteiger partial charge in [0.25, 0.3) is 15.9 Å². The second-order valence-corrected chi connectivity index (χ2v) is 10.5. The quantitative estimate of drug-likeness (QED) is 0.225. The zero-order valence-corrected chi connectivity index (χ0v) is 21.6. The van der Waals surface area contributed by atoms with Crippen molar-refractivity contribution >= 4 is 66.4 Å². The second kappa shape index (κ2) is 10.7. The van der Waals surface area contributed by atoms with Crippen LogP contribution < -0.4 is 14.8 Å². The fraction of sp³-hybridized carbons (Fsp3) is 0. The van der Waals surface area contributed by atoms with Crippen molar-refractivity contribution in [2.75, 3.05) is 10.0 Å². The van der Waals surface area contributed by atoms with Gasteiger partial charge in [-0.25, -0.2) is 13.4 Å². The summed E-state index contributed by atoms with van der Waals surface area (Å²) in [6.07, 6.45) is 1.51. The number of para-hydroxylation sites is 1. The fourth-order valence-corrected chi connectivity index (χ4v) is 4.81. The van der Waals surface area contributed by atoms with Crippen LogP contribution in [0.1, 0.15) is 10.4 Å². The lowest BCUT2D eigenvalue weighted by molar-refractivity contribution is 0.102.